The first-order chi connectivity index (χ1) is 9.08. The van der Waals surface area contributed by atoms with Gasteiger partial charge in [0.05, 0.1) is 5.56 Å². The van der Waals surface area contributed by atoms with E-state index in [1.165, 1.54) is 11.3 Å². The van der Waals surface area contributed by atoms with E-state index in [2.05, 4.69) is 9.97 Å². The number of carbonyl (C=O) groups is 1. The lowest BCUT2D eigenvalue weighted by molar-refractivity contribution is -0.136. The Bertz CT molecular complexity index is 693. The number of thioether (sulfide) groups is 1. The standard InChI is InChI=1S/C12H10N2O3S2/c1-5-7-10(15)13-9(6-2-3-18-4-6)14-11(7)19-8(5)12(16)17/h2-5,8H,1H3,(H,16,17)(H,13,14,15). The Morgan fingerprint density at radius 2 is 2.32 bits per heavy atom. The Morgan fingerprint density at radius 1 is 1.53 bits per heavy atom. The predicted octanol–water partition coefficient (Wildman–Crippen LogP) is 2.16. The van der Waals surface area contributed by atoms with Crippen LogP contribution >= 0.6 is 23.1 Å². The Hall–Kier alpha value is -1.60. The fraction of sp³-hybridized carbons (Fsp3) is 0.250. The summed E-state index contributed by atoms with van der Waals surface area (Å²) in [6, 6.07) is 1.87. The molecule has 0 aliphatic carbocycles. The van der Waals surface area contributed by atoms with E-state index < -0.39 is 11.2 Å². The highest BCUT2D eigenvalue weighted by Gasteiger charge is 2.38. The molecule has 0 fully saturated rings. The summed E-state index contributed by atoms with van der Waals surface area (Å²) in [4.78, 5) is 30.4. The fourth-order valence-electron chi connectivity index (χ4n) is 2.13. The quantitative estimate of drug-likeness (QED) is 0.829. The highest BCUT2D eigenvalue weighted by molar-refractivity contribution is 8.00. The summed E-state index contributed by atoms with van der Waals surface area (Å²) in [7, 11) is 0. The fourth-order valence-corrected chi connectivity index (χ4v) is 4.00. The summed E-state index contributed by atoms with van der Waals surface area (Å²) < 4.78 is 0. The molecule has 0 spiro atoms. The van der Waals surface area contributed by atoms with Gasteiger partial charge in [-0.2, -0.15) is 11.3 Å². The molecule has 0 amide bonds. The van der Waals surface area contributed by atoms with Crippen LogP contribution in [-0.4, -0.2) is 26.3 Å². The molecule has 1 aliphatic heterocycles. The van der Waals surface area contributed by atoms with Gasteiger partial charge in [-0.15, -0.1) is 0 Å². The van der Waals surface area contributed by atoms with Crippen molar-refractivity contribution < 1.29 is 9.90 Å². The second-order valence-electron chi connectivity index (χ2n) is 4.31. The number of aromatic amines is 1. The summed E-state index contributed by atoms with van der Waals surface area (Å²) in [5, 5.41) is 12.8. The number of nitrogens with zero attached hydrogens (tertiary/aromatic N) is 1. The SMILES string of the molecule is CC1c2c(nc(-c3ccsc3)[nH]c2=O)SC1C(=O)O. The smallest absolute Gasteiger partial charge is 0.317 e. The average molecular weight is 294 g/mol. The van der Waals surface area contributed by atoms with E-state index in [4.69, 9.17) is 5.11 Å². The number of nitrogens with one attached hydrogen (secondary N) is 1. The Morgan fingerprint density at radius 3 is 2.95 bits per heavy atom. The van der Waals surface area contributed by atoms with Gasteiger partial charge in [-0.3, -0.25) is 9.59 Å². The first-order valence-electron chi connectivity index (χ1n) is 5.64. The van der Waals surface area contributed by atoms with Gasteiger partial charge in [-0.1, -0.05) is 18.7 Å². The van der Waals surface area contributed by atoms with Gasteiger partial charge in [0.25, 0.3) is 5.56 Å². The van der Waals surface area contributed by atoms with Crippen LogP contribution in [-0.2, 0) is 4.79 Å². The maximum atomic E-state index is 12.1. The highest BCUT2D eigenvalue weighted by atomic mass is 32.2. The molecule has 7 heteroatoms. The van der Waals surface area contributed by atoms with E-state index in [0.29, 0.717) is 16.4 Å². The van der Waals surface area contributed by atoms with Gasteiger partial charge in [-0.25, -0.2) is 4.98 Å². The van der Waals surface area contributed by atoms with Crippen molar-refractivity contribution in [3.05, 3.63) is 32.7 Å². The Labute approximate surface area is 116 Å². The zero-order valence-electron chi connectivity index (χ0n) is 9.91. The summed E-state index contributed by atoms with van der Waals surface area (Å²) in [5.74, 6) is -0.743. The molecule has 2 atom stereocenters. The molecule has 2 unspecified atom stereocenters. The minimum absolute atomic E-state index is 0.241. The van der Waals surface area contributed by atoms with Crippen LogP contribution in [0.2, 0.25) is 0 Å². The number of thiophene rings is 1. The lowest BCUT2D eigenvalue weighted by Crippen LogP contribution is -2.23. The van der Waals surface area contributed by atoms with Crippen LogP contribution in [0.3, 0.4) is 0 Å². The summed E-state index contributed by atoms with van der Waals surface area (Å²) >= 11 is 2.67. The number of H-pyrrole nitrogens is 1. The second kappa shape index (κ2) is 4.50. The molecule has 0 aromatic carbocycles. The van der Waals surface area contributed by atoms with Gasteiger partial charge in [-0.05, 0) is 11.4 Å². The summed E-state index contributed by atoms with van der Waals surface area (Å²) in [6.45, 7) is 1.75. The zero-order chi connectivity index (χ0) is 13.6. The van der Waals surface area contributed by atoms with Gasteiger partial charge in [0.2, 0.25) is 0 Å². The third-order valence-electron chi connectivity index (χ3n) is 3.11. The van der Waals surface area contributed by atoms with Gasteiger partial charge in [0.1, 0.15) is 16.1 Å². The normalized spacial score (nSPS) is 21.3. The molecule has 98 valence electrons. The second-order valence-corrected chi connectivity index (χ2v) is 6.22. The summed E-state index contributed by atoms with van der Waals surface area (Å²) in [6.07, 6.45) is 0. The minimum atomic E-state index is -0.910. The van der Waals surface area contributed by atoms with Crippen LogP contribution in [0.1, 0.15) is 18.4 Å². The third-order valence-corrected chi connectivity index (χ3v) is 5.19. The molecule has 2 aromatic rings. The maximum Gasteiger partial charge on any atom is 0.317 e. The van der Waals surface area contributed by atoms with Crippen molar-refractivity contribution in [2.24, 2.45) is 0 Å². The van der Waals surface area contributed by atoms with Crippen LogP contribution in [0.15, 0.2) is 26.6 Å². The Kier molecular flexibility index (Phi) is 2.94. The Balaban J connectivity index is 2.11. The van der Waals surface area contributed by atoms with E-state index in [9.17, 15) is 9.59 Å². The van der Waals surface area contributed by atoms with Crippen molar-refractivity contribution in [1.29, 1.82) is 0 Å². The number of carboxylic acids is 1. The van der Waals surface area contributed by atoms with Crippen LogP contribution in [0.5, 0.6) is 0 Å². The number of rotatable bonds is 2. The summed E-state index contributed by atoms with van der Waals surface area (Å²) in [5.41, 5.74) is 1.09. The average Bonchev–Trinajstić information content (AvgIpc) is 2.96. The van der Waals surface area contributed by atoms with Gasteiger partial charge in [0, 0.05) is 16.9 Å². The molecule has 3 rings (SSSR count). The lowest BCUT2D eigenvalue weighted by Gasteiger charge is -2.07. The molecule has 0 radical (unpaired) electrons. The molecule has 1 aliphatic rings. The van der Waals surface area contributed by atoms with Crippen LogP contribution < -0.4 is 5.56 Å². The topological polar surface area (TPSA) is 83.0 Å². The molecule has 0 saturated heterocycles. The van der Waals surface area contributed by atoms with Crippen molar-refractivity contribution in [1.82, 2.24) is 9.97 Å². The monoisotopic (exact) mass is 294 g/mol. The number of hydrogen-bond acceptors (Lipinski definition) is 5. The van der Waals surface area contributed by atoms with E-state index >= 15 is 0 Å². The molecular weight excluding hydrogens is 284 g/mol. The first kappa shape index (κ1) is 12.4. The molecule has 0 saturated carbocycles. The number of hydrogen-bond donors (Lipinski definition) is 2. The van der Waals surface area contributed by atoms with Crippen molar-refractivity contribution in [3.8, 4) is 11.4 Å². The lowest BCUT2D eigenvalue weighted by atomic mass is 10.0. The third kappa shape index (κ3) is 1.98. The van der Waals surface area contributed by atoms with E-state index in [1.54, 1.807) is 6.92 Å². The molecule has 2 aromatic heterocycles. The molecule has 19 heavy (non-hydrogen) atoms. The molecule has 0 bridgehead atoms. The van der Waals surface area contributed by atoms with Gasteiger partial charge in [0.15, 0.2) is 0 Å². The van der Waals surface area contributed by atoms with Crippen molar-refractivity contribution in [2.75, 3.05) is 0 Å². The molecular formula is C12H10N2O3S2. The number of carboxylic acid groups (broad SMARTS) is 1. The van der Waals surface area contributed by atoms with Crippen molar-refractivity contribution in [2.45, 2.75) is 23.1 Å². The number of fused-ring (bicyclic) bond motifs is 1. The van der Waals surface area contributed by atoms with Crippen LogP contribution in [0, 0.1) is 0 Å². The number of aromatic nitrogens is 2. The zero-order valence-corrected chi connectivity index (χ0v) is 11.5. The maximum absolute atomic E-state index is 12.1. The van der Waals surface area contributed by atoms with E-state index in [1.807, 2.05) is 16.8 Å². The van der Waals surface area contributed by atoms with Crippen molar-refractivity contribution >= 4 is 29.1 Å². The molecule has 5 nitrogen and oxygen atoms in total. The van der Waals surface area contributed by atoms with Crippen LogP contribution in [0.4, 0.5) is 0 Å². The predicted molar refractivity (Wildman–Crippen MR) is 73.9 cm³/mol. The molecule has 2 N–H and O–H groups in total. The van der Waals surface area contributed by atoms with E-state index in [0.717, 1.165) is 17.3 Å². The first-order valence-corrected chi connectivity index (χ1v) is 7.46. The minimum Gasteiger partial charge on any atom is -0.480 e. The number of aliphatic carboxylic acids is 1. The van der Waals surface area contributed by atoms with E-state index in [-0.39, 0.29) is 11.5 Å². The largest absolute Gasteiger partial charge is 0.480 e. The van der Waals surface area contributed by atoms with Gasteiger partial charge < -0.3 is 10.1 Å². The molecule has 3 heterocycles. The highest BCUT2D eigenvalue weighted by Crippen LogP contribution is 2.42. The van der Waals surface area contributed by atoms with Crippen molar-refractivity contribution in [3.63, 3.8) is 0 Å². The van der Waals surface area contributed by atoms with Crippen LogP contribution in [0.25, 0.3) is 11.4 Å². The van der Waals surface area contributed by atoms with Gasteiger partial charge >= 0.3 is 5.97 Å².